The first-order valence-corrected chi connectivity index (χ1v) is 7.77. The summed E-state index contributed by atoms with van der Waals surface area (Å²) >= 11 is 0. The first kappa shape index (κ1) is 16.2. The molecule has 6 nitrogen and oxygen atoms in total. The lowest BCUT2D eigenvalue weighted by molar-refractivity contribution is -0.138. The molecule has 0 aromatic rings. The van der Waals surface area contributed by atoms with Crippen LogP contribution in [0.5, 0.6) is 0 Å². The largest absolute Gasteiger partial charge is 0.479 e. The molecule has 2 N–H and O–H groups in total. The first-order valence-electron chi connectivity index (χ1n) is 7.77. The molecule has 1 aliphatic heterocycles. The van der Waals surface area contributed by atoms with E-state index in [1.54, 1.807) is 0 Å². The number of carboxylic acid groups (broad SMARTS) is 1. The Bertz CT molecular complexity index is 382. The van der Waals surface area contributed by atoms with Gasteiger partial charge in [0.25, 0.3) is 5.91 Å². The Kier molecular flexibility index (Phi) is 5.58. The Morgan fingerprint density at radius 2 is 2.10 bits per heavy atom. The summed E-state index contributed by atoms with van der Waals surface area (Å²) in [4.78, 5) is 22.7. The number of carboxylic acids is 1. The van der Waals surface area contributed by atoms with Gasteiger partial charge >= 0.3 is 5.97 Å². The molecule has 2 rings (SSSR count). The van der Waals surface area contributed by atoms with Crippen LogP contribution in [0.1, 0.15) is 39.5 Å². The Labute approximate surface area is 125 Å². The molecule has 0 aromatic heterocycles. The number of hydrogen-bond acceptors (Lipinski definition) is 4. The summed E-state index contributed by atoms with van der Waals surface area (Å²) in [7, 11) is 0. The second-order valence-electron chi connectivity index (χ2n) is 6.25. The molecule has 2 fully saturated rings. The van der Waals surface area contributed by atoms with Crippen molar-refractivity contribution in [1.29, 1.82) is 0 Å². The minimum Gasteiger partial charge on any atom is -0.479 e. The van der Waals surface area contributed by atoms with Crippen LogP contribution in [0.3, 0.4) is 0 Å². The van der Waals surface area contributed by atoms with Gasteiger partial charge in [0.05, 0.1) is 12.6 Å². The van der Waals surface area contributed by atoms with Crippen LogP contribution >= 0.6 is 0 Å². The zero-order valence-corrected chi connectivity index (χ0v) is 12.7. The van der Waals surface area contributed by atoms with Crippen molar-refractivity contribution < 1.29 is 24.2 Å². The monoisotopic (exact) mass is 299 g/mol. The smallest absolute Gasteiger partial charge is 0.336 e. The van der Waals surface area contributed by atoms with Crippen molar-refractivity contribution in [3.63, 3.8) is 0 Å². The van der Waals surface area contributed by atoms with E-state index in [1.807, 2.05) is 0 Å². The minimum absolute atomic E-state index is 0.0788. The van der Waals surface area contributed by atoms with E-state index in [0.717, 1.165) is 19.4 Å². The standard InChI is InChI=1S/C15H25NO5/c1-3-9(2)6-11(8-20-7-10-4-5-10)16-14(17)12-13(21-12)15(18)19/h9-13H,3-8H2,1-2H3,(H,16,17)(H,18,19)/t9?,11?,12-,13-/m0/s1. The van der Waals surface area contributed by atoms with Crippen molar-refractivity contribution in [3.05, 3.63) is 0 Å². The quantitative estimate of drug-likeness (QED) is 0.592. The molecule has 4 atom stereocenters. The maximum Gasteiger partial charge on any atom is 0.336 e. The number of ether oxygens (including phenoxy) is 2. The lowest BCUT2D eigenvalue weighted by Gasteiger charge is -2.21. The summed E-state index contributed by atoms with van der Waals surface area (Å²) in [5.41, 5.74) is 0. The van der Waals surface area contributed by atoms with Crippen LogP contribution < -0.4 is 5.32 Å². The van der Waals surface area contributed by atoms with E-state index in [0.29, 0.717) is 18.4 Å². The van der Waals surface area contributed by atoms with Crippen LogP contribution in [0.15, 0.2) is 0 Å². The van der Waals surface area contributed by atoms with E-state index in [4.69, 9.17) is 14.6 Å². The third kappa shape index (κ3) is 5.28. The van der Waals surface area contributed by atoms with Gasteiger partial charge in [0.15, 0.2) is 12.2 Å². The second kappa shape index (κ2) is 7.22. The highest BCUT2D eigenvalue weighted by molar-refractivity contribution is 5.92. The minimum atomic E-state index is -1.08. The van der Waals surface area contributed by atoms with E-state index in [1.165, 1.54) is 12.8 Å². The number of amides is 1. The first-order chi connectivity index (χ1) is 10.0. The molecule has 21 heavy (non-hydrogen) atoms. The molecule has 0 aromatic carbocycles. The van der Waals surface area contributed by atoms with E-state index < -0.39 is 18.2 Å². The third-order valence-electron chi connectivity index (χ3n) is 4.09. The molecule has 6 heteroatoms. The molecule has 0 bridgehead atoms. The maximum atomic E-state index is 12.0. The van der Waals surface area contributed by atoms with Gasteiger partial charge in [0.1, 0.15) is 0 Å². The molecule has 2 unspecified atom stereocenters. The lowest BCUT2D eigenvalue weighted by Crippen LogP contribution is -2.42. The van der Waals surface area contributed by atoms with Crippen molar-refractivity contribution in [2.24, 2.45) is 11.8 Å². The summed E-state index contributed by atoms with van der Waals surface area (Å²) in [6.07, 6.45) is 2.51. The SMILES string of the molecule is CCC(C)CC(COCC1CC1)NC(=O)[C@H]1O[C@@H]1C(=O)O. The van der Waals surface area contributed by atoms with Gasteiger partial charge in [-0.1, -0.05) is 20.3 Å². The Morgan fingerprint density at radius 1 is 1.38 bits per heavy atom. The number of epoxide rings is 1. The highest BCUT2D eigenvalue weighted by Gasteiger charge is 2.51. The molecule has 1 amide bonds. The fourth-order valence-corrected chi connectivity index (χ4v) is 2.27. The molecule has 1 saturated heterocycles. The Balaban J connectivity index is 1.76. The van der Waals surface area contributed by atoms with Gasteiger partial charge in [0, 0.05) is 6.61 Å². The second-order valence-corrected chi connectivity index (χ2v) is 6.25. The fourth-order valence-electron chi connectivity index (χ4n) is 2.27. The average molecular weight is 299 g/mol. The number of aliphatic carboxylic acids is 1. The topological polar surface area (TPSA) is 88.2 Å². The molecule has 0 radical (unpaired) electrons. The highest BCUT2D eigenvalue weighted by atomic mass is 16.6. The molecule has 1 aliphatic carbocycles. The van der Waals surface area contributed by atoms with E-state index in [9.17, 15) is 9.59 Å². The Hall–Kier alpha value is -1.14. The van der Waals surface area contributed by atoms with Crippen LogP contribution in [-0.4, -0.2) is 48.4 Å². The van der Waals surface area contributed by atoms with Gasteiger partial charge in [-0.2, -0.15) is 0 Å². The average Bonchev–Trinajstić information content (AvgIpc) is 3.30. The van der Waals surface area contributed by atoms with Gasteiger partial charge in [-0.3, -0.25) is 4.79 Å². The number of carbonyl (C=O) groups is 2. The molecule has 120 valence electrons. The zero-order valence-electron chi connectivity index (χ0n) is 12.7. The van der Waals surface area contributed by atoms with E-state index >= 15 is 0 Å². The van der Waals surface area contributed by atoms with Gasteiger partial charge < -0.3 is 19.9 Å². The molecule has 0 spiro atoms. The Morgan fingerprint density at radius 3 is 2.62 bits per heavy atom. The van der Waals surface area contributed by atoms with Crippen molar-refractivity contribution >= 4 is 11.9 Å². The molecule has 1 saturated carbocycles. The fraction of sp³-hybridized carbons (Fsp3) is 0.867. The van der Waals surface area contributed by atoms with Gasteiger partial charge in [-0.05, 0) is 31.1 Å². The van der Waals surface area contributed by atoms with E-state index in [-0.39, 0.29) is 11.9 Å². The molecular weight excluding hydrogens is 274 g/mol. The van der Waals surface area contributed by atoms with Crippen LogP contribution in [-0.2, 0) is 19.1 Å². The van der Waals surface area contributed by atoms with Crippen molar-refractivity contribution in [3.8, 4) is 0 Å². The van der Waals surface area contributed by atoms with Gasteiger partial charge in [0.2, 0.25) is 0 Å². The summed E-state index contributed by atoms with van der Waals surface area (Å²) in [6, 6.07) is -0.0788. The van der Waals surface area contributed by atoms with E-state index in [2.05, 4.69) is 19.2 Å². The number of rotatable bonds is 10. The van der Waals surface area contributed by atoms with Crippen LogP contribution in [0.25, 0.3) is 0 Å². The predicted molar refractivity (Wildman–Crippen MR) is 75.8 cm³/mol. The normalized spacial score (nSPS) is 27.0. The summed E-state index contributed by atoms with van der Waals surface area (Å²) < 4.78 is 10.5. The highest BCUT2D eigenvalue weighted by Crippen LogP contribution is 2.29. The zero-order chi connectivity index (χ0) is 15.4. The summed E-state index contributed by atoms with van der Waals surface area (Å²) in [5.74, 6) is -0.257. The predicted octanol–water partition coefficient (Wildman–Crippen LogP) is 1.19. The third-order valence-corrected chi connectivity index (χ3v) is 4.09. The van der Waals surface area contributed by atoms with Crippen LogP contribution in [0, 0.1) is 11.8 Å². The number of nitrogens with one attached hydrogen (secondary N) is 1. The van der Waals surface area contributed by atoms with Gasteiger partial charge in [-0.25, -0.2) is 4.79 Å². The number of hydrogen-bond donors (Lipinski definition) is 2. The van der Waals surface area contributed by atoms with Crippen molar-refractivity contribution in [2.75, 3.05) is 13.2 Å². The maximum absolute atomic E-state index is 12.0. The van der Waals surface area contributed by atoms with Gasteiger partial charge in [-0.15, -0.1) is 0 Å². The molecule has 1 heterocycles. The number of carbonyl (C=O) groups excluding carboxylic acids is 1. The summed E-state index contributed by atoms with van der Waals surface area (Å²) in [5, 5.41) is 11.6. The van der Waals surface area contributed by atoms with Crippen molar-refractivity contribution in [1.82, 2.24) is 5.32 Å². The van der Waals surface area contributed by atoms with Crippen LogP contribution in [0.2, 0.25) is 0 Å². The molecule has 2 aliphatic rings. The molecular formula is C15H25NO5. The van der Waals surface area contributed by atoms with Crippen LogP contribution in [0.4, 0.5) is 0 Å². The van der Waals surface area contributed by atoms with Crippen molar-refractivity contribution in [2.45, 2.75) is 57.8 Å². The lowest BCUT2D eigenvalue weighted by atomic mass is 9.99. The summed E-state index contributed by atoms with van der Waals surface area (Å²) in [6.45, 7) is 5.48.